The Morgan fingerprint density at radius 1 is 1.11 bits per heavy atom. The first-order valence-electron chi connectivity index (χ1n) is 11.7. The monoisotopic (exact) mass is 522 g/mol. The summed E-state index contributed by atoms with van der Waals surface area (Å²) in [6.07, 6.45) is 1.12. The molecule has 4 aromatic rings. The zero-order valence-electron chi connectivity index (χ0n) is 20.7. The normalized spacial score (nSPS) is 13.6. The van der Waals surface area contributed by atoms with Gasteiger partial charge in [0.1, 0.15) is 28.1 Å². The van der Waals surface area contributed by atoms with Crippen molar-refractivity contribution in [2.45, 2.75) is 39.7 Å². The fourth-order valence-electron chi connectivity index (χ4n) is 4.33. The molecule has 10 heteroatoms. The van der Waals surface area contributed by atoms with Gasteiger partial charge in [-0.05, 0) is 58.0 Å². The van der Waals surface area contributed by atoms with Crippen LogP contribution >= 0.6 is 11.3 Å². The average molecular weight is 523 g/mol. The summed E-state index contributed by atoms with van der Waals surface area (Å²) in [5.41, 5.74) is -0.129. The molecular weight excluding hydrogens is 498 g/mol. The van der Waals surface area contributed by atoms with Gasteiger partial charge in [0.05, 0.1) is 22.5 Å². The van der Waals surface area contributed by atoms with Gasteiger partial charge in [0.25, 0.3) is 5.91 Å². The van der Waals surface area contributed by atoms with Crippen molar-refractivity contribution in [1.82, 2.24) is 14.5 Å². The molecule has 1 aromatic carbocycles. The minimum absolute atomic E-state index is 0.0748. The lowest BCUT2D eigenvalue weighted by Gasteiger charge is -2.27. The van der Waals surface area contributed by atoms with E-state index < -0.39 is 34.8 Å². The van der Waals surface area contributed by atoms with Crippen molar-refractivity contribution in [2.75, 3.05) is 11.4 Å². The summed E-state index contributed by atoms with van der Waals surface area (Å²) in [7, 11) is 0. The summed E-state index contributed by atoms with van der Waals surface area (Å²) in [5.74, 6) is -1.62. The molecule has 7 nitrogen and oxygen atoms in total. The van der Waals surface area contributed by atoms with Crippen molar-refractivity contribution in [2.24, 2.45) is 0 Å². The molecule has 0 fully saturated rings. The number of rotatable bonds is 3. The summed E-state index contributed by atoms with van der Waals surface area (Å²) in [5, 5.41) is 0.673. The fourth-order valence-corrected chi connectivity index (χ4v) is 5.22. The number of amides is 1. The Hall–Kier alpha value is -3.92. The number of carbonyl (C=O) groups excluding carboxylic acids is 2. The summed E-state index contributed by atoms with van der Waals surface area (Å²) < 4.78 is 36.3. The number of hydrogen-bond acceptors (Lipinski definition) is 6. The summed E-state index contributed by atoms with van der Waals surface area (Å²) in [6, 6.07) is 10.3. The van der Waals surface area contributed by atoms with Gasteiger partial charge in [-0.15, -0.1) is 11.3 Å². The zero-order chi connectivity index (χ0) is 26.5. The molecule has 0 radical (unpaired) electrons. The first-order chi connectivity index (χ1) is 17.5. The third-order valence-electron chi connectivity index (χ3n) is 5.86. The highest BCUT2D eigenvalue weighted by atomic mass is 32.1. The fraction of sp³-hybridized carbons (Fsp3) is 0.259. The highest BCUT2D eigenvalue weighted by Gasteiger charge is 2.36. The molecule has 1 amide bonds. The third-order valence-corrected chi connectivity index (χ3v) is 6.84. The minimum Gasteiger partial charge on any atom is -0.443 e. The first kappa shape index (κ1) is 24.8. The number of benzene rings is 1. The molecule has 3 aromatic heterocycles. The minimum atomic E-state index is -0.858. The molecule has 0 saturated carbocycles. The van der Waals surface area contributed by atoms with Crippen molar-refractivity contribution in [3.8, 4) is 22.0 Å². The highest BCUT2D eigenvalue weighted by Crippen LogP contribution is 2.37. The number of ether oxygens (including phenoxy) is 1. The van der Waals surface area contributed by atoms with Gasteiger partial charge < -0.3 is 4.74 Å². The molecule has 1 aliphatic heterocycles. The Bertz CT molecular complexity index is 1500. The average Bonchev–Trinajstić information content (AvgIpc) is 3.40. The number of hydrogen-bond donors (Lipinski definition) is 0. The molecule has 0 aliphatic carbocycles. The van der Waals surface area contributed by atoms with Crippen molar-refractivity contribution >= 4 is 29.2 Å². The van der Waals surface area contributed by atoms with Crippen LogP contribution in [0.3, 0.4) is 0 Å². The first-order valence-corrected chi connectivity index (χ1v) is 12.5. The van der Waals surface area contributed by atoms with Crippen LogP contribution in [-0.4, -0.2) is 38.7 Å². The topological polar surface area (TPSA) is 77.3 Å². The maximum Gasteiger partial charge on any atom is 0.419 e. The van der Waals surface area contributed by atoms with Crippen LogP contribution in [0.4, 0.5) is 19.4 Å². The number of pyridine rings is 1. The molecule has 0 unspecified atom stereocenters. The van der Waals surface area contributed by atoms with E-state index in [1.165, 1.54) is 28.4 Å². The van der Waals surface area contributed by atoms with E-state index in [1.807, 2.05) is 25.1 Å². The van der Waals surface area contributed by atoms with Crippen LogP contribution in [0.2, 0.25) is 0 Å². The lowest BCUT2D eigenvalue weighted by Crippen LogP contribution is -2.39. The second kappa shape index (κ2) is 9.19. The molecule has 0 N–H and O–H groups in total. The third kappa shape index (κ3) is 4.53. The molecule has 0 spiro atoms. The van der Waals surface area contributed by atoms with Crippen molar-refractivity contribution in [1.29, 1.82) is 0 Å². The summed E-state index contributed by atoms with van der Waals surface area (Å²) >= 11 is 1.42. The van der Waals surface area contributed by atoms with Crippen LogP contribution in [0, 0.1) is 18.6 Å². The van der Waals surface area contributed by atoms with E-state index in [9.17, 15) is 18.4 Å². The molecular formula is C27H24F2N4O3S. The second-order valence-electron chi connectivity index (χ2n) is 9.62. The molecule has 190 valence electrons. The van der Waals surface area contributed by atoms with E-state index in [-0.39, 0.29) is 24.2 Å². The number of aromatic nitrogens is 3. The van der Waals surface area contributed by atoms with E-state index in [2.05, 4.69) is 9.97 Å². The van der Waals surface area contributed by atoms with E-state index >= 15 is 0 Å². The van der Waals surface area contributed by atoms with Crippen LogP contribution in [0.15, 0.2) is 48.7 Å². The maximum atomic E-state index is 14.8. The Balaban J connectivity index is 1.61. The summed E-state index contributed by atoms with van der Waals surface area (Å²) in [4.78, 5) is 38.3. The number of nitrogens with zero attached hydrogens (tertiary/aromatic N) is 4. The molecule has 4 heterocycles. The van der Waals surface area contributed by atoms with Crippen LogP contribution in [0.5, 0.6) is 0 Å². The lowest BCUT2D eigenvalue weighted by atomic mass is 10.1. The van der Waals surface area contributed by atoms with Gasteiger partial charge in [-0.25, -0.2) is 23.1 Å². The van der Waals surface area contributed by atoms with Gasteiger partial charge >= 0.3 is 6.09 Å². The van der Waals surface area contributed by atoms with Crippen molar-refractivity contribution in [3.05, 3.63) is 76.4 Å². The number of carbonyl (C=O) groups is 2. The van der Waals surface area contributed by atoms with Gasteiger partial charge in [0, 0.05) is 29.7 Å². The molecule has 37 heavy (non-hydrogen) atoms. The predicted molar refractivity (Wildman–Crippen MR) is 137 cm³/mol. The van der Waals surface area contributed by atoms with E-state index in [0.717, 1.165) is 21.6 Å². The predicted octanol–water partition coefficient (Wildman–Crippen LogP) is 6.25. The second-order valence-corrected chi connectivity index (χ2v) is 10.8. The Kier molecular flexibility index (Phi) is 6.15. The lowest BCUT2D eigenvalue weighted by molar-refractivity contribution is 0.0535. The van der Waals surface area contributed by atoms with E-state index in [0.29, 0.717) is 22.2 Å². The number of aryl methyl sites for hydroxylation is 1. The highest BCUT2D eigenvalue weighted by molar-refractivity contribution is 7.15. The van der Waals surface area contributed by atoms with Crippen molar-refractivity contribution < 1.29 is 23.1 Å². The van der Waals surface area contributed by atoms with Crippen molar-refractivity contribution in [3.63, 3.8) is 0 Å². The van der Waals surface area contributed by atoms with Crippen LogP contribution in [0.25, 0.3) is 22.0 Å². The van der Waals surface area contributed by atoms with Crippen LogP contribution < -0.4 is 4.90 Å². The Morgan fingerprint density at radius 3 is 2.49 bits per heavy atom. The van der Waals surface area contributed by atoms with Crippen LogP contribution in [-0.2, 0) is 11.2 Å². The number of anilines is 1. The molecule has 1 aliphatic rings. The number of fused-ring (bicyclic) bond motifs is 1. The molecule has 0 saturated heterocycles. The number of halogens is 2. The quantitative estimate of drug-likeness (QED) is 0.318. The maximum absolute atomic E-state index is 14.8. The van der Waals surface area contributed by atoms with Gasteiger partial charge in [-0.1, -0.05) is 12.1 Å². The van der Waals surface area contributed by atoms with Crippen LogP contribution in [0.1, 0.15) is 41.7 Å². The standard InChI is InChI=1S/C27H24F2N4O3S/c1-15-23(31-24(37-15)19-10-5-6-12-30-19)32-13-11-20-16(25(32)34)14-21(22-17(28)8-7-9-18(22)29)33(20)26(35)36-27(2,3)4/h5-10,12,14H,11,13H2,1-4H3. The summed E-state index contributed by atoms with van der Waals surface area (Å²) in [6.45, 7) is 7.18. The Labute approximate surface area is 216 Å². The molecule has 0 atom stereocenters. The molecule has 0 bridgehead atoms. The largest absolute Gasteiger partial charge is 0.443 e. The van der Waals surface area contributed by atoms with E-state index in [1.54, 1.807) is 27.0 Å². The van der Waals surface area contributed by atoms with E-state index in [4.69, 9.17) is 4.74 Å². The van der Waals surface area contributed by atoms with Gasteiger partial charge in [-0.2, -0.15) is 0 Å². The smallest absolute Gasteiger partial charge is 0.419 e. The number of thiazole rings is 1. The zero-order valence-corrected chi connectivity index (χ0v) is 21.5. The van der Waals surface area contributed by atoms with Gasteiger partial charge in [0.15, 0.2) is 0 Å². The Morgan fingerprint density at radius 2 is 1.84 bits per heavy atom. The van der Waals surface area contributed by atoms with Gasteiger partial charge in [-0.3, -0.25) is 14.7 Å². The van der Waals surface area contributed by atoms with Gasteiger partial charge in [0.2, 0.25) is 0 Å². The SMILES string of the molecule is Cc1sc(-c2ccccn2)nc1N1CCc2c(cc(-c3c(F)cccc3F)n2C(=O)OC(C)(C)C)C1=O. The molecule has 5 rings (SSSR count).